The molecule has 0 N–H and O–H groups in total. The first kappa shape index (κ1) is 11.4. The molecule has 2 unspecified atom stereocenters. The third kappa shape index (κ3) is 8.25. The van der Waals surface area contributed by atoms with E-state index in [9.17, 15) is 0 Å². The highest BCUT2D eigenvalue weighted by atomic mass is 31.1. The van der Waals surface area contributed by atoms with Crippen molar-refractivity contribution in [2.24, 2.45) is 5.92 Å². The van der Waals surface area contributed by atoms with E-state index in [0.29, 0.717) is 12.0 Å². The molecule has 0 amide bonds. The highest BCUT2D eigenvalue weighted by Crippen LogP contribution is 2.18. The van der Waals surface area contributed by atoms with E-state index in [0.717, 1.165) is 13.0 Å². The molecule has 2 nitrogen and oxygen atoms in total. The van der Waals surface area contributed by atoms with Gasteiger partial charge in [-0.05, 0) is 19.3 Å². The van der Waals surface area contributed by atoms with Gasteiger partial charge in [0.15, 0.2) is 9.03 Å². The Hall–Kier alpha value is 0.350. The molecule has 0 aliphatic rings. The van der Waals surface area contributed by atoms with Crippen molar-refractivity contribution in [1.82, 2.24) is 0 Å². The molecule has 0 saturated heterocycles. The van der Waals surface area contributed by atoms with Gasteiger partial charge in [0.2, 0.25) is 0 Å². The SMILES string of the molecule is CCC(C)OPOCC(C)C. The molecule has 0 aliphatic heterocycles. The van der Waals surface area contributed by atoms with Crippen molar-refractivity contribution in [3.63, 3.8) is 0 Å². The molecule has 0 aliphatic carbocycles. The summed E-state index contributed by atoms with van der Waals surface area (Å²) in [5.74, 6) is 0.600. The van der Waals surface area contributed by atoms with Gasteiger partial charge in [0.1, 0.15) is 0 Å². The van der Waals surface area contributed by atoms with Crippen LogP contribution in [0.4, 0.5) is 0 Å². The van der Waals surface area contributed by atoms with Crippen molar-refractivity contribution in [3.8, 4) is 0 Å². The predicted octanol–water partition coefficient (Wildman–Crippen LogP) is 2.98. The maximum Gasteiger partial charge on any atom is 0.155 e. The molecule has 0 aromatic rings. The van der Waals surface area contributed by atoms with Gasteiger partial charge < -0.3 is 9.05 Å². The molecule has 0 spiro atoms. The lowest BCUT2D eigenvalue weighted by Gasteiger charge is -2.10. The molecule has 3 heteroatoms. The van der Waals surface area contributed by atoms with Crippen molar-refractivity contribution in [3.05, 3.63) is 0 Å². The second kappa shape index (κ2) is 7.02. The lowest BCUT2D eigenvalue weighted by molar-refractivity contribution is 0.192. The second-order valence-electron chi connectivity index (χ2n) is 3.12. The van der Waals surface area contributed by atoms with E-state index < -0.39 is 0 Å². The van der Waals surface area contributed by atoms with Crippen molar-refractivity contribution in [2.75, 3.05) is 6.61 Å². The molecule has 0 rings (SSSR count). The molecule has 68 valence electrons. The Bertz CT molecular complexity index is 86.2. The van der Waals surface area contributed by atoms with Gasteiger partial charge in [-0.25, -0.2) is 0 Å². The summed E-state index contributed by atoms with van der Waals surface area (Å²) in [5, 5.41) is 0. The summed E-state index contributed by atoms with van der Waals surface area (Å²) in [6.45, 7) is 9.24. The van der Waals surface area contributed by atoms with Gasteiger partial charge in [0, 0.05) is 0 Å². The van der Waals surface area contributed by atoms with Crippen LogP contribution in [-0.4, -0.2) is 12.7 Å². The number of hydrogen-bond donors (Lipinski definition) is 0. The van der Waals surface area contributed by atoms with Crippen LogP contribution in [0.2, 0.25) is 0 Å². The Kier molecular flexibility index (Phi) is 7.25. The largest absolute Gasteiger partial charge is 0.336 e. The summed E-state index contributed by atoms with van der Waals surface area (Å²) in [7, 11) is 0.212. The minimum Gasteiger partial charge on any atom is -0.336 e. The summed E-state index contributed by atoms with van der Waals surface area (Å²) in [6.07, 6.45) is 1.39. The van der Waals surface area contributed by atoms with Crippen LogP contribution in [0.1, 0.15) is 34.1 Å². The summed E-state index contributed by atoms with van der Waals surface area (Å²) in [5.41, 5.74) is 0. The fourth-order valence-corrected chi connectivity index (χ4v) is 1.20. The van der Waals surface area contributed by atoms with Crippen LogP contribution in [0.25, 0.3) is 0 Å². The second-order valence-corrected chi connectivity index (χ2v) is 3.82. The molecular formula is C8H19O2P. The average Bonchev–Trinajstić information content (AvgIpc) is 1.97. The monoisotopic (exact) mass is 178 g/mol. The lowest BCUT2D eigenvalue weighted by Crippen LogP contribution is -2.01. The minimum atomic E-state index is 0.212. The number of hydrogen-bond acceptors (Lipinski definition) is 2. The van der Waals surface area contributed by atoms with E-state index in [2.05, 4.69) is 27.7 Å². The summed E-state index contributed by atoms with van der Waals surface area (Å²) >= 11 is 0. The van der Waals surface area contributed by atoms with E-state index >= 15 is 0 Å². The smallest absolute Gasteiger partial charge is 0.155 e. The zero-order valence-electron chi connectivity index (χ0n) is 7.89. The van der Waals surface area contributed by atoms with Crippen molar-refractivity contribution in [2.45, 2.75) is 40.2 Å². The summed E-state index contributed by atoms with van der Waals surface area (Å²) in [6, 6.07) is 0. The Morgan fingerprint density at radius 1 is 1.27 bits per heavy atom. The van der Waals surface area contributed by atoms with Crippen LogP contribution in [0, 0.1) is 5.92 Å². The molecular weight excluding hydrogens is 159 g/mol. The van der Waals surface area contributed by atoms with E-state index in [1.165, 1.54) is 0 Å². The summed E-state index contributed by atoms with van der Waals surface area (Å²) in [4.78, 5) is 0. The molecule has 0 fully saturated rings. The first-order valence-corrected chi connectivity index (χ1v) is 5.00. The maximum atomic E-state index is 5.35. The van der Waals surface area contributed by atoms with Crippen LogP contribution in [0.5, 0.6) is 0 Å². The lowest BCUT2D eigenvalue weighted by atomic mass is 10.2. The minimum absolute atomic E-state index is 0.212. The van der Waals surface area contributed by atoms with Crippen molar-refractivity contribution in [1.29, 1.82) is 0 Å². The van der Waals surface area contributed by atoms with Gasteiger partial charge >= 0.3 is 0 Å². The van der Waals surface area contributed by atoms with Crippen LogP contribution in [0.15, 0.2) is 0 Å². The van der Waals surface area contributed by atoms with E-state index in [1.54, 1.807) is 0 Å². The fourth-order valence-electron chi connectivity index (χ4n) is 0.400. The predicted molar refractivity (Wildman–Crippen MR) is 49.9 cm³/mol. The first-order chi connectivity index (χ1) is 5.16. The highest BCUT2D eigenvalue weighted by molar-refractivity contribution is 7.26. The van der Waals surface area contributed by atoms with Gasteiger partial charge in [-0.3, -0.25) is 0 Å². The zero-order chi connectivity index (χ0) is 8.69. The fraction of sp³-hybridized carbons (Fsp3) is 1.00. The van der Waals surface area contributed by atoms with E-state index in [4.69, 9.17) is 9.05 Å². The quantitative estimate of drug-likeness (QED) is 0.460. The van der Waals surface area contributed by atoms with Gasteiger partial charge in [-0.1, -0.05) is 20.8 Å². The van der Waals surface area contributed by atoms with Gasteiger partial charge in [-0.15, -0.1) is 0 Å². The van der Waals surface area contributed by atoms with Crippen LogP contribution >= 0.6 is 9.03 Å². The zero-order valence-corrected chi connectivity index (χ0v) is 8.89. The third-order valence-electron chi connectivity index (χ3n) is 1.30. The standard InChI is InChI=1S/C8H19O2P/c1-5-8(4)10-11-9-6-7(2)3/h7-8,11H,5-6H2,1-4H3. The van der Waals surface area contributed by atoms with E-state index in [1.807, 2.05) is 0 Å². The molecule has 0 aromatic heterocycles. The van der Waals surface area contributed by atoms with Gasteiger partial charge in [0.25, 0.3) is 0 Å². The molecule has 2 atom stereocenters. The Morgan fingerprint density at radius 3 is 2.36 bits per heavy atom. The maximum absolute atomic E-state index is 5.35. The topological polar surface area (TPSA) is 18.5 Å². The molecule has 0 heterocycles. The summed E-state index contributed by atoms with van der Waals surface area (Å²) < 4.78 is 10.6. The molecule has 0 radical (unpaired) electrons. The Labute approximate surface area is 71.6 Å². The van der Waals surface area contributed by atoms with Crippen LogP contribution < -0.4 is 0 Å². The van der Waals surface area contributed by atoms with Crippen molar-refractivity contribution < 1.29 is 9.05 Å². The van der Waals surface area contributed by atoms with Crippen LogP contribution in [0.3, 0.4) is 0 Å². The average molecular weight is 178 g/mol. The molecule has 0 saturated carbocycles. The normalized spacial score (nSPS) is 15.0. The first-order valence-electron chi connectivity index (χ1n) is 4.19. The third-order valence-corrected chi connectivity index (χ3v) is 2.08. The van der Waals surface area contributed by atoms with Crippen molar-refractivity contribution >= 4 is 9.03 Å². The Morgan fingerprint density at radius 2 is 1.91 bits per heavy atom. The molecule has 11 heavy (non-hydrogen) atoms. The van der Waals surface area contributed by atoms with Gasteiger partial charge in [-0.2, -0.15) is 0 Å². The highest BCUT2D eigenvalue weighted by Gasteiger charge is 1.98. The Balaban J connectivity index is 3.01. The van der Waals surface area contributed by atoms with E-state index in [-0.39, 0.29) is 9.03 Å². The van der Waals surface area contributed by atoms with Gasteiger partial charge in [0.05, 0.1) is 12.7 Å². The van der Waals surface area contributed by atoms with Crippen LogP contribution in [-0.2, 0) is 9.05 Å². The number of rotatable bonds is 6. The molecule has 0 aromatic carbocycles. The molecule has 0 bridgehead atoms.